The monoisotopic (exact) mass is 368 g/mol. The molecule has 0 bridgehead atoms. The lowest BCUT2D eigenvalue weighted by molar-refractivity contribution is 0.0734. The fraction of sp³-hybridized carbons (Fsp3) is 0.150. The highest BCUT2D eigenvalue weighted by molar-refractivity contribution is 5.97. The molecule has 2 aromatic carbocycles. The third kappa shape index (κ3) is 3.82. The minimum absolute atomic E-state index is 0.0317. The van der Waals surface area contributed by atoms with Gasteiger partial charge in [0.15, 0.2) is 5.78 Å². The Balaban J connectivity index is 1.92. The highest BCUT2D eigenvalue weighted by Gasteiger charge is 2.14. The van der Waals surface area contributed by atoms with Gasteiger partial charge in [0, 0.05) is 17.5 Å². The Morgan fingerprint density at radius 2 is 1.56 bits per heavy atom. The number of hydrogen-bond acceptors (Lipinski definition) is 7. The van der Waals surface area contributed by atoms with Crippen molar-refractivity contribution in [2.45, 2.75) is 6.92 Å². The van der Waals surface area contributed by atoms with E-state index in [4.69, 9.17) is 18.6 Å². The van der Waals surface area contributed by atoms with E-state index in [2.05, 4.69) is 0 Å². The fourth-order valence-electron chi connectivity index (χ4n) is 2.49. The Hall–Kier alpha value is -3.61. The van der Waals surface area contributed by atoms with Gasteiger partial charge in [0.05, 0.1) is 19.8 Å². The number of benzene rings is 2. The summed E-state index contributed by atoms with van der Waals surface area (Å²) in [7, 11) is 2.95. The molecule has 0 saturated carbocycles. The zero-order valence-electron chi connectivity index (χ0n) is 14.9. The van der Waals surface area contributed by atoms with Crippen molar-refractivity contribution in [1.82, 2.24) is 0 Å². The van der Waals surface area contributed by atoms with E-state index in [0.29, 0.717) is 16.9 Å². The van der Waals surface area contributed by atoms with Crippen molar-refractivity contribution in [2.75, 3.05) is 14.2 Å². The third-order valence-electron chi connectivity index (χ3n) is 3.88. The van der Waals surface area contributed by atoms with E-state index < -0.39 is 11.6 Å². The van der Waals surface area contributed by atoms with Crippen LogP contribution in [0.2, 0.25) is 0 Å². The number of fused-ring (bicyclic) bond motifs is 1. The van der Waals surface area contributed by atoms with E-state index in [1.54, 1.807) is 18.2 Å². The van der Waals surface area contributed by atoms with Gasteiger partial charge in [-0.05, 0) is 37.3 Å². The maximum Gasteiger partial charge on any atom is 0.347 e. The molecule has 0 aliphatic carbocycles. The summed E-state index contributed by atoms with van der Waals surface area (Å²) in [4.78, 5) is 35.7. The van der Waals surface area contributed by atoms with Crippen LogP contribution in [0.25, 0.3) is 11.0 Å². The van der Waals surface area contributed by atoms with Gasteiger partial charge in [-0.25, -0.2) is 9.59 Å². The molecule has 0 unspecified atom stereocenters. The first-order valence-electron chi connectivity index (χ1n) is 7.95. The predicted octanol–water partition coefficient (Wildman–Crippen LogP) is 3.23. The number of rotatable bonds is 5. The Morgan fingerprint density at radius 3 is 2.15 bits per heavy atom. The standard InChI is InChI=1S/C20H16O7/c1-11(21)17-8-12-4-5-14(10-18(12)27-20(17)23)26-19(22)13-6-15(24-2)9-16(7-13)25-3/h4-10H,1-3H3. The first-order valence-corrected chi connectivity index (χ1v) is 7.95. The van der Waals surface area contributed by atoms with Crippen LogP contribution in [0.15, 0.2) is 51.7 Å². The van der Waals surface area contributed by atoms with E-state index in [-0.39, 0.29) is 28.2 Å². The van der Waals surface area contributed by atoms with Gasteiger partial charge in [-0.15, -0.1) is 0 Å². The SMILES string of the molecule is COc1cc(OC)cc(C(=O)Oc2ccc3cc(C(C)=O)c(=O)oc3c2)c1. The highest BCUT2D eigenvalue weighted by Crippen LogP contribution is 2.25. The molecule has 3 rings (SSSR count). The zero-order chi connectivity index (χ0) is 19.6. The number of hydrogen-bond donors (Lipinski definition) is 0. The Bertz CT molecular complexity index is 1070. The molecule has 3 aromatic rings. The van der Waals surface area contributed by atoms with Gasteiger partial charge in [0.25, 0.3) is 0 Å². The quantitative estimate of drug-likeness (QED) is 0.295. The predicted molar refractivity (Wildman–Crippen MR) is 97.0 cm³/mol. The number of carbonyl (C=O) groups is 2. The lowest BCUT2D eigenvalue weighted by Crippen LogP contribution is -2.11. The number of ketones is 1. The molecular weight excluding hydrogens is 352 g/mol. The molecule has 0 radical (unpaired) electrons. The second-order valence-electron chi connectivity index (χ2n) is 5.69. The number of methoxy groups -OCH3 is 2. The molecule has 138 valence electrons. The van der Waals surface area contributed by atoms with Crippen LogP contribution in [-0.4, -0.2) is 26.0 Å². The third-order valence-corrected chi connectivity index (χ3v) is 3.88. The van der Waals surface area contributed by atoms with Gasteiger partial charge < -0.3 is 18.6 Å². The van der Waals surface area contributed by atoms with Gasteiger partial charge >= 0.3 is 11.6 Å². The summed E-state index contributed by atoms with van der Waals surface area (Å²) in [6, 6.07) is 10.7. The maximum absolute atomic E-state index is 12.4. The van der Waals surface area contributed by atoms with Crippen molar-refractivity contribution in [3.8, 4) is 17.2 Å². The van der Waals surface area contributed by atoms with Crippen LogP contribution < -0.4 is 19.8 Å². The first-order chi connectivity index (χ1) is 12.9. The number of ether oxygens (including phenoxy) is 3. The van der Waals surface area contributed by atoms with E-state index in [9.17, 15) is 14.4 Å². The topological polar surface area (TPSA) is 92.0 Å². The van der Waals surface area contributed by atoms with Gasteiger partial charge in [-0.2, -0.15) is 0 Å². The fourth-order valence-corrected chi connectivity index (χ4v) is 2.49. The van der Waals surface area contributed by atoms with Crippen LogP contribution in [0.4, 0.5) is 0 Å². The van der Waals surface area contributed by atoms with E-state index in [1.165, 1.54) is 45.4 Å². The van der Waals surface area contributed by atoms with Crippen molar-refractivity contribution in [2.24, 2.45) is 0 Å². The van der Waals surface area contributed by atoms with Crippen molar-refractivity contribution in [3.05, 3.63) is 64.0 Å². The second-order valence-corrected chi connectivity index (χ2v) is 5.69. The molecule has 0 fully saturated rings. The molecule has 0 N–H and O–H groups in total. The molecule has 7 nitrogen and oxygen atoms in total. The van der Waals surface area contributed by atoms with Crippen LogP contribution in [0.1, 0.15) is 27.6 Å². The van der Waals surface area contributed by atoms with Crippen molar-refractivity contribution in [1.29, 1.82) is 0 Å². The average molecular weight is 368 g/mol. The minimum Gasteiger partial charge on any atom is -0.497 e. The van der Waals surface area contributed by atoms with Crippen molar-refractivity contribution in [3.63, 3.8) is 0 Å². The van der Waals surface area contributed by atoms with E-state index >= 15 is 0 Å². The molecular formula is C20H16O7. The Kier molecular flexibility index (Phi) is 4.94. The van der Waals surface area contributed by atoms with Crippen molar-refractivity contribution < 1.29 is 28.2 Å². The minimum atomic E-state index is -0.740. The zero-order valence-corrected chi connectivity index (χ0v) is 14.9. The molecule has 27 heavy (non-hydrogen) atoms. The summed E-state index contributed by atoms with van der Waals surface area (Å²) in [5.74, 6) is 0.0699. The molecule has 0 aliphatic rings. The highest BCUT2D eigenvalue weighted by atomic mass is 16.5. The molecule has 0 spiro atoms. The lowest BCUT2D eigenvalue weighted by Gasteiger charge is -2.09. The number of Topliss-reactive ketones (excluding diaryl/α,β-unsaturated/α-hetero) is 1. The van der Waals surface area contributed by atoms with Gasteiger partial charge in [-0.1, -0.05) is 0 Å². The normalized spacial score (nSPS) is 10.5. The Morgan fingerprint density at radius 1 is 0.889 bits per heavy atom. The molecule has 0 amide bonds. The van der Waals surface area contributed by atoms with Gasteiger partial charge in [0.1, 0.15) is 28.4 Å². The van der Waals surface area contributed by atoms with Crippen molar-refractivity contribution >= 4 is 22.7 Å². The van der Waals surface area contributed by atoms with Crippen LogP contribution in [0, 0.1) is 0 Å². The summed E-state index contributed by atoms with van der Waals surface area (Å²) in [5, 5.41) is 0.544. The van der Waals surface area contributed by atoms with Gasteiger partial charge in [-0.3, -0.25) is 4.79 Å². The maximum atomic E-state index is 12.4. The Labute approximate surface area is 154 Å². The summed E-state index contributed by atoms with van der Waals surface area (Å²) in [6.07, 6.45) is 0. The largest absolute Gasteiger partial charge is 0.497 e. The molecule has 0 saturated heterocycles. The summed E-state index contributed by atoms with van der Waals surface area (Å²) in [5.41, 5.74) is -0.329. The summed E-state index contributed by atoms with van der Waals surface area (Å²) in [6.45, 7) is 1.29. The van der Waals surface area contributed by atoms with Crippen LogP contribution in [0.3, 0.4) is 0 Å². The average Bonchev–Trinajstić information content (AvgIpc) is 2.66. The molecule has 1 aromatic heterocycles. The molecule has 7 heteroatoms. The van der Waals surface area contributed by atoms with Crippen LogP contribution in [-0.2, 0) is 0 Å². The first kappa shape index (κ1) is 18.2. The summed E-state index contributed by atoms with van der Waals surface area (Å²) < 4.78 is 20.8. The van der Waals surface area contributed by atoms with E-state index in [1.807, 2.05) is 0 Å². The molecule has 0 aliphatic heterocycles. The van der Waals surface area contributed by atoms with Gasteiger partial charge in [0.2, 0.25) is 0 Å². The van der Waals surface area contributed by atoms with E-state index in [0.717, 1.165) is 0 Å². The summed E-state index contributed by atoms with van der Waals surface area (Å²) >= 11 is 0. The number of carbonyl (C=O) groups excluding carboxylic acids is 2. The second kappa shape index (κ2) is 7.33. The molecule has 1 heterocycles. The van der Waals surface area contributed by atoms with Crippen LogP contribution >= 0.6 is 0 Å². The lowest BCUT2D eigenvalue weighted by atomic mass is 10.1. The molecule has 0 atom stereocenters. The number of esters is 1. The smallest absolute Gasteiger partial charge is 0.347 e. The van der Waals surface area contributed by atoms with Crippen LogP contribution in [0.5, 0.6) is 17.2 Å².